The van der Waals surface area contributed by atoms with E-state index in [0.717, 1.165) is 18.2 Å². The molecule has 0 saturated heterocycles. The van der Waals surface area contributed by atoms with E-state index in [9.17, 15) is 19.6 Å². The topological polar surface area (TPSA) is 63.4 Å². The van der Waals surface area contributed by atoms with E-state index in [4.69, 9.17) is 0 Å². The molecule has 0 bridgehead atoms. The van der Waals surface area contributed by atoms with Crippen molar-refractivity contribution in [1.29, 1.82) is 0 Å². The Kier molecular flexibility index (Phi) is 4.57. The van der Waals surface area contributed by atoms with Crippen molar-refractivity contribution in [3.05, 3.63) is 39.7 Å². The first-order chi connectivity index (χ1) is 7.95. The van der Waals surface area contributed by atoms with Crippen molar-refractivity contribution in [1.82, 2.24) is 0 Å². The monoisotopic (exact) mass is 241 g/mol. The van der Waals surface area contributed by atoms with Crippen molar-refractivity contribution in [3.63, 3.8) is 0 Å². The van der Waals surface area contributed by atoms with Gasteiger partial charge in [0, 0.05) is 11.6 Å². The molecule has 94 valence electrons. The minimum atomic E-state index is -0.530. The van der Waals surface area contributed by atoms with Gasteiger partial charge in [0.25, 0.3) is 5.69 Å². The van der Waals surface area contributed by atoms with Crippen LogP contribution in [0.3, 0.4) is 0 Å². The number of nitrogens with zero attached hydrogens (tertiary/aromatic N) is 1. The zero-order chi connectivity index (χ0) is 13.0. The van der Waals surface area contributed by atoms with Crippen LogP contribution in [-0.2, 0) is 6.42 Å². The summed E-state index contributed by atoms with van der Waals surface area (Å²) in [6.07, 6.45) is 0.339. The van der Waals surface area contributed by atoms with Crippen LogP contribution in [-0.4, -0.2) is 16.1 Å². The molecule has 0 aromatic heterocycles. The molecular weight excluding hydrogens is 225 g/mol. The average molecular weight is 241 g/mol. The molecule has 0 spiro atoms. The highest BCUT2D eigenvalue weighted by atomic mass is 19.1. The third kappa shape index (κ3) is 3.49. The lowest BCUT2D eigenvalue weighted by molar-refractivity contribution is -0.385. The van der Waals surface area contributed by atoms with E-state index >= 15 is 0 Å². The Morgan fingerprint density at radius 3 is 2.71 bits per heavy atom. The lowest BCUT2D eigenvalue weighted by Crippen LogP contribution is -2.19. The maximum absolute atomic E-state index is 13.1. The average Bonchev–Trinajstić information content (AvgIpc) is 2.27. The Morgan fingerprint density at radius 1 is 1.53 bits per heavy atom. The number of aliphatic hydroxyl groups is 1. The van der Waals surface area contributed by atoms with Gasteiger partial charge in [0.1, 0.15) is 5.82 Å². The molecule has 0 aliphatic heterocycles. The Hall–Kier alpha value is -1.49. The van der Waals surface area contributed by atoms with Crippen LogP contribution in [0.5, 0.6) is 0 Å². The van der Waals surface area contributed by atoms with Gasteiger partial charge in [-0.3, -0.25) is 10.1 Å². The molecule has 0 fully saturated rings. The fourth-order valence-electron chi connectivity index (χ4n) is 1.78. The van der Waals surface area contributed by atoms with E-state index in [-0.39, 0.29) is 11.6 Å². The van der Waals surface area contributed by atoms with Crippen LogP contribution in [0.15, 0.2) is 18.2 Å². The van der Waals surface area contributed by atoms with Gasteiger partial charge in [-0.05, 0) is 30.9 Å². The summed E-state index contributed by atoms with van der Waals surface area (Å²) in [7, 11) is 0. The van der Waals surface area contributed by atoms with Crippen molar-refractivity contribution in [2.45, 2.75) is 32.8 Å². The number of hydrogen-bond donors (Lipinski definition) is 1. The Bertz CT molecular complexity index is 409. The molecule has 0 saturated carbocycles. The van der Waals surface area contributed by atoms with Crippen LogP contribution in [0.2, 0.25) is 0 Å². The predicted molar refractivity (Wildman–Crippen MR) is 62.2 cm³/mol. The molecule has 5 heteroatoms. The van der Waals surface area contributed by atoms with Crippen molar-refractivity contribution in [3.8, 4) is 0 Å². The maximum atomic E-state index is 13.1. The summed E-state index contributed by atoms with van der Waals surface area (Å²) in [5.41, 5.74) is 0.233. The molecule has 0 amide bonds. The molecule has 4 nitrogen and oxygen atoms in total. The minimum absolute atomic E-state index is 0.0958. The maximum Gasteiger partial charge on any atom is 0.272 e. The molecule has 1 rings (SSSR count). The molecule has 17 heavy (non-hydrogen) atoms. The molecule has 1 N–H and O–H groups in total. The summed E-state index contributed by atoms with van der Waals surface area (Å²) in [5, 5.41) is 20.4. The molecule has 2 unspecified atom stereocenters. The lowest BCUT2D eigenvalue weighted by Gasteiger charge is -2.17. The molecule has 0 aliphatic carbocycles. The summed E-state index contributed by atoms with van der Waals surface area (Å²) in [6.45, 7) is 3.63. The molecule has 2 atom stereocenters. The highest BCUT2D eigenvalue weighted by Gasteiger charge is 2.19. The van der Waals surface area contributed by atoms with E-state index in [1.807, 2.05) is 6.92 Å². The predicted octanol–water partition coefficient (Wildman–Crippen LogP) is 2.68. The normalized spacial score (nSPS) is 14.4. The van der Waals surface area contributed by atoms with Gasteiger partial charge in [-0.1, -0.05) is 13.8 Å². The van der Waals surface area contributed by atoms with Crippen LogP contribution in [0, 0.1) is 21.8 Å². The largest absolute Gasteiger partial charge is 0.393 e. The zero-order valence-corrected chi connectivity index (χ0v) is 9.89. The van der Waals surface area contributed by atoms with Gasteiger partial charge >= 0.3 is 0 Å². The molecule has 1 aromatic carbocycles. The van der Waals surface area contributed by atoms with Gasteiger partial charge in [0.15, 0.2) is 0 Å². The van der Waals surface area contributed by atoms with Crippen molar-refractivity contribution in [2.75, 3.05) is 0 Å². The third-order valence-electron chi connectivity index (χ3n) is 2.86. The first kappa shape index (κ1) is 13.6. The summed E-state index contributed by atoms with van der Waals surface area (Å²) in [5.74, 6) is -0.635. The van der Waals surface area contributed by atoms with Crippen molar-refractivity contribution < 1.29 is 14.4 Å². The SMILES string of the molecule is CCC(O)C(C)Cc1cc(F)ccc1[N+](=O)[O-]. The molecule has 0 heterocycles. The number of nitro groups is 1. The highest BCUT2D eigenvalue weighted by molar-refractivity contribution is 5.40. The zero-order valence-electron chi connectivity index (χ0n) is 9.89. The van der Waals surface area contributed by atoms with Crippen LogP contribution in [0.1, 0.15) is 25.8 Å². The summed E-state index contributed by atoms with van der Waals surface area (Å²) in [4.78, 5) is 10.2. The molecule has 1 aromatic rings. The fourth-order valence-corrected chi connectivity index (χ4v) is 1.78. The number of halogens is 1. The second-order valence-corrected chi connectivity index (χ2v) is 4.19. The van der Waals surface area contributed by atoms with Gasteiger partial charge in [0.2, 0.25) is 0 Å². The van der Waals surface area contributed by atoms with E-state index in [2.05, 4.69) is 0 Å². The smallest absolute Gasteiger partial charge is 0.272 e. The Morgan fingerprint density at radius 2 is 2.18 bits per heavy atom. The number of rotatable bonds is 5. The third-order valence-corrected chi connectivity index (χ3v) is 2.86. The molecular formula is C12H16FNO3. The molecule has 0 radical (unpaired) electrons. The number of nitro benzene ring substituents is 1. The van der Waals surface area contributed by atoms with Gasteiger partial charge in [-0.2, -0.15) is 0 Å². The fraction of sp³-hybridized carbons (Fsp3) is 0.500. The number of hydrogen-bond acceptors (Lipinski definition) is 3. The lowest BCUT2D eigenvalue weighted by atomic mass is 9.93. The first-order valence-corrected chi connectivity index (χ1v) is 5.56. The number of benzene rings is 1. The summed E-state index contributed by atoms with van der Waals surface area (Å²) < 4.78 is 13.1. The molecule has 0 aliphatic rings. The van der Waals surface area contributed by atoms with Gasteiger partial charge < -0.3 is 5.11 Å². The quantitative estimate of drug-likeness (QED) is 0.636. The van der Waals surface area contributed by atoms with Gasteiger partial charge in [-0.15, -0.1) is 0 Å². The van der Waals surface area contributed by atoms with Crippen molar-refractivity contribution in [2.24, 2.45) is 5.92 Å². The van der Waals surface area contributed by atoms with Crippen LogP contribution < -0.4 is 0 Å². The Balaban J connectivity index is 2.96. The van der Waals surface area contributed by atoms with Crippen LogP contribution in [0.25, 0.3) is 0 Å². The van der Waals surface area contributed by atoms with Crippen LogP contribution in [0.4, 0.5) is 10.1 Å². The number of aliphatic hydroxyl groups excluding tert-OH is 1. The van der Waals surface area contributed by atoms with Gasteiger partial charge in [-0.25, -0.2) is 4.39 Å². The van der Waals surface area contributed by atoms with E-state index < -0.39 is 16.8 Å². The standard InChI is InChI=1S/C12H16FNO3/c1-3-12(15)8(2)6-9-7-10(13)4-5-11(9)14(16)17/h4-5,7-8,12,15H,3,6H2,1-2H3. The van der Waals surface area contributed by atoms with E-state index in [1.165, 1.54) is 0 Å². The van der Waals surface area contributed by atoms with E-state index in [0.29, 0.717) is 18.4 Å². The first-order valence-electron chi connectivity index (χ1n) is 5.56. The Labute approximate surface area is 99.2 Å². The van der Waals surface area contributed by atoms with E-state index in [1.54, 1.807) is 6.92 Å². The summed E-state index contributed by atoms with van der Waals surface area (Å²) >= 11 is 0. The van der Waals surface area contributed by atoms with Crippen molar-refractivity contribution >= 4 is 5.69 Å². The summed E-state index contributed by atoms with van der Waals surface area (Å²) in [6, 6.07) is 3.40. The van der Waals surface area contributed by atoms with Crippen LogP contribution >= 0.6 is 0 Å². The highest BCUT2D eigenvalue weighted by Crippen LogP contribution is 2.24. The minimum Gasteiger partial charge on any atom is -0.393 e. The second kappa shape index (κ2) is 5.72. The van der Waals surface area contributed by atoms with Gasteiger partial charge in [0.05, 0.1) is 11.0 Å². The second-order valence-electron chi connectivity index (χ2n) is 4.19.